The Morgan fingerprint density at radius 3 is 2.62 bits per heavy atom. The van der Waals surface area contributed by atoms with Gasteiger partial charge in [0.05, 0.1) is 32.5 Å². The van der Waals surface area contributed by atoms with Gasteiger partial charge >= 0.3 is 5.97 Å². The highest BCUT2D eigenvalue weighted by Crippen LogP contribution is 2.35. The lowest BCUT2D eigenvalue weighted by molar-refractivity contribution is -0.266. The average molecular weight is 478 g/mol. The van der Waals surface area contributed by atoms with Crippen LogP contribution in [0.5, 0.6) is 0 Å². The number of carbonyl (C=O) groups is 3. The first-order valence-corrected chi connectivity index (χ1v) is 11.9. The largest absolute Gasteiger partial charge is 0.467 e. The molecule has 2 aliphatic rings. The third-order valence-corrected chi connectivity index (χ3v) is 6.65. The molecule has 0 aliphatic carbocycles. The van der Waals surface area contributed by atoms with Gasteiger partial charge in [0, 0.05) is 18.9 Å². The van der Waals surface area contributed by atoms with Gasteiger partial charge in [-0.15, -0.1) is 0 Å². The van der Waals surface area contributed by atoms with Crippen molar-refractivity contribution < 1.29 is 38.8 Å². The first-order chi connectivity index (χ1) is 16.3. The normalized spacial score (nSPS) is 28.2. The van der Waals surface area contributed by atoms with Crippen molar-refractivity contribution in [1.29, 1.82) is 0 Å². The van der Waals surface area contributed by atoms with Crippen LogP contribution in [0.15, 0.2) is 30.3 Å². The first kappa shape index (κ1) is 26.3. The molecule has 9 heteroatoms. The number of nitrogens with zero attached hydrogens (tertiary/aromatic N) is 1. The third-order valence-electron chi connectivity index (χ3n) is 6.65. The van der Waals surface area contributed by atoms with Crippen LogP contribution in [0.4, 0.5) is 0 Å². The Balaban J connectivity index is 1.59. The highest BCUT2D eigenvalue weighted by atomic mass is 16.6. The Bertz CT molecular complexity index is 847. The smallest absolute Gasteiger partial charge is 0.328 e. The molecule has 2 N–H and O–H groups in total. The minimum absolute atomic E-state index is 0.0736. The number of hydrogen-bond acceptors (Lipinski definition) is 8. The van der Waals surface area contributed by atoms with Crippen molar-refractivity contribution in [3.8, 4) is 0 Å². The number of rotatable bonds is 9. The second-order valence-corrected chi connectivity index (χ2v) is 9.17. The molecule has 1 aromatic rings. The lowest BCUT2D eigenvalue weighted by atomic mass is 9.85. The Kier molecular flexibility index (Phi) is 9.18. The fourth-order valence-electron chi connectivity index (χ4n) is 4.60. The summed E-state index contributed by atoms with van der Waals surface area (Å²) in [7, 11) is 1.24. The molecule has 0 aromatic heterocycles. The SMILES string of the molecule is COC(=O)[C@@H]1CCCCN1C(=O)C(=O)[C@]1(O)O[C@H](C[C@H](O)COCc2ccccc2)CC[C@H]1C. The van der Waals surface area contributed by atoms with Crippen LogP contribution >= 0.6 is 0 Å². The van der Waals surface area contributed by atoms with Gasteiger partial charge in [-0.05, 0) is 37.7 Å². The van der Waals surface area contributed by atoms with Crippen LogP contribution < -0.4 is 0 Å². The number of likely N-dealkylation sites (tertiary alicyclic amines) is 1. The summed E-state index contributed by atoms with van der Waals surface area (Å²) in [6.45, 7) is 2.31. The zero-order valence-corrected chi connectivity index (χ0v) is 19.9. The van der Waals surface area contributed by atoms with Crippen LogP contribution in [0.3, 0.4) is 0 Å². The molecule has 3 rings (SSSR count). The van der Waals surface area contributed by atoms with E-state index in [0.717, 1.165) is 12.0 Å². The van der Waals surface area contributed by atoms with Gasteiger partial charge in [-0.25, -0.2) is 4.79 Å². The lowest BCUT2D eigenvalue weighted by Gasteiger charge is -2.42. The zero-order chi connectivity index (χ0) is 24.7. The van der Waals surface area contributed by atoms with Crippen molar-refractivity contribution in [3.05, 3.63) is 35.9 Å². The average Bonchev–Trinajstić information content (AvgIpc) is 2.85. The van der Waals surface area contributed by atoms with Crippen LogP contribution in [0, 0.1) is 5.92 Å². The van der Waals surface area contributed by atoms with Crippen LogP contribution in [-0.4, -0.2) is 77.1 Å². The number of hydrogen-bond donors (Lipinski definition) is 2. The molecule has 2 aliphatic heterocycles. The molecule has 2 fully saturated rings. The summed E-state index contributed by atoms with van der Waals surface area (Å²) >= 11 is 0. The second kappa shape index (κ2) is 11.9. The predicted molar refractivity (Wildman–Crippen MR) is 121 cm³/mol. The van der Waals surface area contributed by atoms with E-state index in [1.165, 1.54) is 12.0 Å². The Morgan fingerprint density at radius 2 is 1.91 bits per heavy atom. The summed E-state index contributed by atoms with van der Waals surface area (Å²) < 4.78 is 16.1. The highest BCUT2D eigenvalue weighted by Gasteiger charge is 2.52. The molecule has 0 radical (unpaired) electrons. The van der Waals surface area contributed by atoms with E-state index >= 15 is 0 Å². The van der Waals surface area contributed by atoms with Crippen molar-refractivity contribution in [2.45, 2.75) is 76.1 Å². The Morgan fingerprint density at radius 1 is 1.18 bits per heavy atom. The molecule has 1 aromatic carbocycles. The van der Waals surface area contributed by atoms with Gasteiger partial charge in [-0.3, -0.25) is 9.59 Å². The summed E-state index contributed by atoms with van der Waals surface area (Å²) in [4.78, 5) is 39.5. The predicted octanol–water partition coefficient (Wildman–Crippen LogP) is 1.58. The molecule has 1 amide bonds. The van der Waals surface area contributed by atoms with Crippen LogP contribution in [0.1, 0.15) is 51.0 Å². The van der Waals surface area contributed by atoms with E-state index in [-0.39, 0.29) is 19.6 Å². The van der Waals surface area contributed by atoms with E-state index in [1.54, 1.807) is 6.92 Å². The number of esters is 1. The van der Waals surface area contributed by atoms with Crippen molar-refractivity contribution in [2.24, 2.45) is 5.92 Å². The lowest BCUT2D eigenvalue weighted by Crippen LogP contribution is -2.60. The number of ether oxygens (including phenoxy) is 3. The van der Waals surface area contributed by atoms with Crippen LogP contribution in [0.2, 0.25) is 0 Å². The van der Waals surface area contributed by atoms with E-state index in [2.05, 4.69) is 0 Å². The van der Waals surface area contributed by atoms with Crippen molar-refractivity contribution in [2.75, 3.05) is 20.3 Å². The van der Waals surface area contributed by atoms with Gasteiger partial charge in [0.15, 0.2) is 0 Å². The summed E-state index contributed by atoms with van der Waals surface area (Å²) in [5.41, 5.74) is 0.985. The fourth-order valence-corrected chi connectivity index (χ4v) is 4.60. The summed E-state index contributed by atoms with van der Waals surface area (Å²) in [5.74, 6) is -5.55. The molecule has 0 saturated carbocycles. The van der Waals surface area contributed by atoms with E-state index in [0.29, 0.717) is 32.3 Å². The summed E-state index contributed by atoms with van der Waals surface area (Å²) in [5, 5.41) is 21.5. The maximum absolute atomic E-state index is 13.1. The number of piperidine rings is 1. The molecular formula is C25H35NO8. The molecule has 5 atom stereocenters. The molecule has 2 heterocycles. The van der Waals surface area contributed by atoms with E-state index in [4.69, 9.17) is 14.2 Å². The van der Waals surface area contributed by atoms with Gasteiger partial charge in [0.1, 0.15) is 6.04 Å². The molecule has 34 heavy (non-hydrogen) atoms. The monoisotopic (exact) mass is 477 g/mol. The quantitative estimate of drug-likeness (QED) is 0.406. The van der Waals surface area contributed by atoms with E-state index < -0.39 is 47.6 Å². The maximum Gasteiger partial charge on any atom is 0.328 e. The molecule has 2 saturated heterocycles. The number of amides is 1. The number of aliphatic hydroxyl groups excluding tert-OH is 1. The number of methoxy groups -OCH3 is 1. The zero-order valence-electron chi connectivity index (χ0n) is 19.9. The number of carbonyl (C=O) groups excluding carboxylic acids is 3. The first-order valence-electron chi connectivity index (χ1n) is 11.9. The minimum Gasteiger partial charge on any atom is -0.467 e. The number of benzene rings is 1. The van der Waals surface area contributed by atoms with Crippen molar-refractivity contribution in [3.63, 3.8) is 0 Å². The fraction of sp³-hybridized carbons (Fsp3) is 0.640. The molecule has 0 unspecified atom stereocenters. The number of ketones is 1. The third kappa shape index (κ3) is 6.21. The van der Waals surface area contributed by atoms with Gasteiger partial charge in [-0.2, -0.15) is 0 Å². The van der Waals surface area contributed by atoms with E-state index in [9.17, 15) is 24.6 Å². The van der Waals surface area contributed by atoms with Crippen molar-refractivity contribution in [1.82, 2.24) is 4.90 Å². The van der Waals surface area contributed by atoms with Crippen LogP contribution in [-0.2, 0) is 35.2 Å². The number of Topliss-reactive ketones (excluding diaryl/α,β-unsaturated/α-hetero) is 1. The maximum atomic E-state index is 13.1. The molecule has 9 nitrogen and oxygen atoms in total. The Hall–Kier alpha value is -2.33. The summed E-state index contributed by atoms with van der Waals surface area (Å²) in [6, 6.07) is 8.72. The van der Waals surface area contributed by atoms with Crippen molar-refractivity contribution >= 4 is 17.7 Å². The topological polar surface area (TPSA) is 123 Å². The van der Waals surface area contributed by atoms with Gasteiger partial charge < -0.3 is 29.3 Å². The second-order valence-electron chi connectivity index (χ2n) is 9.17. The summed E-state index contributed by atoms with van der Waals surface area (Å²) in [6.07, 6.45) is 1.43. The highest BCUT2D eigenvalue weighted by molar-refractivity contribution is 6.39. The van der Waals surface area contributed by atoms with E-state index in [1.807, 2.05) is 30.3 Å². The molecule has 0 spiro atoms. The standard InChI is InChI=1S/C25H35NO8/c1-17-11-12-20(14-19(27)16-33-15-18-8-4-3-5-9-18)34-25(17,31)22(28)23(29)26-13-7-6-10-21(26)24(30)32-2/h3-5,8-9,17,19-21,27,31H,6-7,10-16H2,1-2H3/t17-,19+,20+,21+,25-/m1/s1. The van der Waals surface area contributed by atoms with Gasteiger partial charge in [-0.1, -0.05) is 37.3 Å². The minimum atomic E-state index is -2.32. The van der Waals surface area contributed by atoms with Gasteiger partial charge in [0.2, 0.25) is 5.79 Å². The molecular weight excluding hydrogens is 442 g/mol. The number of aliphatic hydroxyl groups is 2. The Labute approximate surface area is 200 Å². The molecule has 0 bridgehead atoms. The van der Waals surface area contributed by atoms with Crippen LogP contribution in [0.25, 0.3) is 0 Å². The molecule has 188 valence electrons. The van der Waals surface area contributed by atoms with Gasteiger partial charge in [0.25, 0.3) is 11.7 Å².